The van der Waals surface area contributed by atoms with Crippen LogP contribution in [-0.2, 0) is 11.3 Å². The lowest BCUT2D eigenvalue weighted by atomic mass is 10.0. The molecule has 2 atom stereocenters. The van der Waals surface area contributed by atoms with Gasteiger partial charge in [0.1, 0.15) is 5.82 Å². The maximum Gasteiger partial charge on any atom is 0.255 e. The van der Waals surface area contributed by atoms with Crippen molar-refractivity contribution in [3.63, 3.8) is 0 Å². The fraction of sp³-hybridized carbons (Fsp3) is 0.333. The van der Waals surface area contributed by atoms with Gasteiger partial charge in [-0.3, -0.25) is 9.69 Å². The van der Waals surface area contributed by atoms with E-state index in [2.05, 4.69) is 27.1 Å². The molecule has 172 valence electrons. The Morgan fingerprint density at radius 3 is 2.97 bits per heavy atom. The lowest BCUT2D eigenvalue weighted by Crippen LogP contribution is -2.48. The molecule has 10 heteroatoms. The third kappa shape index (κ3) is 3.24. The zero-order valence-corrected chi connectivity index (χ0v) is 18.5. The Balaban J connectivity index is 1.41. The van der Waals surface area contributed by atoms with E-state index in [9.17, 15) is 14.4 Å². The maximum atomic E-state index is 14.8. The van der Waals surface area contributed by atoms with Crippen LogP contribution in [0.1, 0.15) is 21.6 Å². The highest BCUT2D eigenvalue weighted by Crippen LogP contribution is 2.32. The number of ether oxygens (including phenoxy) is 1. The first-order valence-corrected chi connectivity index (χ1v) is 11.2. The van der Waals surface area contributed by atoms with Crippen LogP contribution < -0.4 is 10.2 Å². The number of likely N-dealkylation sites (N-methyl/N-ethyl adjacent to an activating group) is 1. The smallest absolute Gasteiger partial charge is 0.255 e. The molecule has 1 unspecified atom stereocenters. The first-order chi connectivity index (χ1) is 16.5. The van der Waals surface area contributed by atoms with Crippen LogP contribution in [0.25, 0.3) is 16.9 Å². The van der Waals surface area contributed by atoms with Crippen molar-refractivity contribution in [3.05, 3.63) is 59.2 Å². The summed E-state index contributed by atoms with van der Waals surface area (Å²) in [5, 5.41) is 17.1. The van der Waals surface area contributed by atoms with Gasteiger partial charge in [-0.1, -0.05) is 6.07 Å². The summed E-state index contributed by atoms with van der Waals surface area (Å²) in [5.41, 5.74) is 2.00. The van der Waals surface area contributed by atoms with E-state index in [1.807, 2.05) is 12.1 Å². The molecule has 2 aromatic heterocycles. The van der Waals surface area contributed by atoms with Gasteiger partial charge in [-0.2, -0.15) is 10.4 Å². The van der Waals surface area contributed by atoms with Gasteiger partial charge >= 0.3 is 0 Å². The molecule has 3 aliphatic rings. The molecular weight excluding hydrogens is 437 g/mol. The van der Waals surface area contributed by atoms with Crippen molar-refractivity contribution >= 4 is 11.7 Å². The second kappa shape index (κ2) is 7.90. The number of amides is 1. The van der Waals surface area contributed by atoms with Crippen LogP contribution in [0.5, 0.6) is 0 Å². The van der Waals surface area contributed by atoms with Crippen LogP contribution in [-0.4, -0.2) is 71.0 Å². The molecule has 1 amide bonds. The number of halogens is 1. The summed E-state index contributed by atoms with van der Waals surface area (Å²) in [4.78, 5) is 21.6. The minimum atomic E-state index is -0.542. The highest BCUT2D eigenvalue weighted by molar-refractivity contribution is 6.01. The van der Waals surface area contributed by atoms with Crippen molar-refractivity contribution in [3.8, 4) is 23.0 Å². The summed E-state index contributed by atoms with van der Waals surface area (Å²) in [6.45, 7) is 3.41. The minimum absolute atomic E-state index is 0.115. The number of nitrogens with zero attached hydrogens (tertiary/aromatic N) is 6. The molecule has 0 spiro atoms. The summed E-state index contributed by atoms with van der Waals surface area (Å²) < 4.78 is 22.3. The number of pyridine rings is 1. The summed E-state index contributed by atoms with van der Waals surface area (Å²) in [6, 6.07) is 10.2. The molecule has 6 rings (SSSR count). The third-order valence-corrected chi connectivity index (χ3v) is 6.83. The highest BCUT2D eigenvalue weighted by Gasteiger charge is 2.39. The SMILES string of the molecule is CN1CCOC2CN(c3ccn(-c4cc(-c5c(F)cccc5C#N)nc5c4C(=O)NC5)n3)C[C@@H]21. The van der Waals surface area contributed by atoms with E-state index in [1.54, 1.807) is 23.0 Å². The molecular formula is C24H22FN7O2. The van der Waals surface area contributed by atoms with Gasteiger partial charge in [0.05, 0.1) is 65.1 Å². The average molecular weight is 459 g/mol. The third-order valence-electron chi connectivity index (χ3n) is 6.83. The van der Waals surface area contributed by atoms with E-state index >= 15 is 0 Å². The van der Waals surface area contributed by atoms with Crippen molar-refractivity contribution in [2.75, 3.05) is 38.2 Å². The molecule has 5 heterocycles. The first-order valence-electron chi connectivity index (χ1n) is 11.2. The average Bonchev–Trinajstić information content (AvgIpc) is 3.57. The number of nitriles is 1. The molecule has 0 radical (unpaired) electrons. The zero-order chi connectivity index (χ0) is 23.4. The largest absolute Gasteiger partial charge is 0.373 e. The number of rotatable bonds is 3. The quantitative estimate of drug-likeness (QED) is 0.637. The standard InChI is InChI=1S/C24H22FN7O2/c1-30-7-8-34-20-13-31(12-19(20)30)21-5-6-32(29-21)18-9-16(28-17-11-27-24(33)23(17)18)22-14(10-26)3-2-4-15(22)25/h2-6,9,19-20H,7-8,11-13H2,1H3,(H,27,33)/t19-,20?/m0/s1. The number of hydrogen-bond acceptors (Lipinski definition) is 7. The van der Waals surface area contributed by atoms with E-state index in [0.29, 0.717) is 28.7 Å². The van der Waals surface area contributed by atoms with Crippen LogP contribution in [0.3, 0.4) is 0 Å². The van der Waals surface area contributed by atoms with Crippen molar-refractivity contribution in [1.29, 1.82) is 5.26 Å². The number of morpholine rings is 1. The van der Waals surface area contributed by atoms with Gasteiger partial charge in [-0.15, -0.1) is 0 Å². The minimum Gasteiger partial charge on any atom is -0.373 e. The summed E-state index contributed by atoms with van der Waals surface area (Å²) in [5.74, 6) is -0.0161. The Labute approximate surface area is 195 Å². The van der Waals surface area contributed by atoms with E-state index < -0.39 is 5.82 Å². The maximum absolute atomic E-state index is 14.8. The predicted octanol–water partition coefficient (Wildman–Crippen LogP) is 1.71. The Kier molecular flexibility index (Phi) is 4.83. The molecule has 3 aliphatic heterocycles. The molecule has 1 aromatic carbocycles. The Hall–Kier alpha value is -3.81. The fourth-order valence-corrected chi connectivity index (χ4v) is 5.06. The van der Waals surface area contributed by atoms with Crippen molar-refractivity contribution in [2.45, 2.75) is 18.7 Å². The lowest BCUT2D eigenvalue weighted by Gasteiger charge is -2.33. The number of carbonyl (C=O) groups excluding carboxylic acids is 1. The lowest BCUT2D eigenvalue weighted by molar-refractivity contribution is -0.0362. The van der Waals surface area contributed by atoms with E-state index in [-0.39, 0.29) is 29.7 Å². The van der Waals surface area contributed by atoms with Crippen molar-refractivity contribution in [2.24, 2.45) is 0 Å². The van der Waals surface area contributed by atoms with Crippen LogP contribution in [0, 0.1) is 17.1 Å². The van der Waals surface area contributed by atoms with Gasteiger partial charge in [0.2, 0.25) is 0 Å². The van der Waals surface area contributed by atoms with Gasteiger partial charge in [-0.25, -0.2) is 14.1 Å². The number of aromatic nitrogens is 3. The Morgan fingerprint density at radius 1 is 1.26 bits per heavy atom. The molecule has 34 heavy (non-hydrogen) atoms. The number of fused-ring (bicyclic) bond motifs is 2. The number of hydrogen-bond donors (Lipinski definition) is 1. The van der Waals surface area contributed by atoms with Gasteiger partial charge in [0.25, 0.3) is 5.91 Å². The Bertz CT molecular complexity index is 1350. The van der Waals surface area contributed by atoms with Crippen molar-refractivity contribution < 1.29 is 13.9 Å². The van der Waals surface area contributed by atoms with E-state index in [1.165, 1.54) is 12.1 Å². The molecule has 0 bridgehead atoms. The second-order valence-electron chi connectivity index (χ2n) is 8.79. The second-order valence-corrected chi connectivity index (χ2v) is 8.79. The number of anilines is 1. The highest BCUT2D eigenvalue weighted by atomic mass is 19.1. The van der Waals surface area contributed by atoms with Gasteiger partial charge in [0, 0.05) is 31.9 Å². The predicted molar refractivity (Wildman–Crippen MR) is 121 cm³/mol. The van der Waals surface area contributed by atoms with E-state index in [4.69, 9.17) is 9.84 Å². The number of carbonyl (C=O) groups is 1. The van der Waals surface area contributed by atoms with Gasteiger partial charge < -0.3 is 15.0 Å². The summed E-state index contributed by atoms with van der Waals surface area (Å²) >= 11 is 0. The normalized spacial score (nSPS) is 21.8. The van der Waals surface area contributed by atoms with Gasteiger partial charge in [-0.05, 0) is 25.2 Å². The number of benzene rings is 1. The summed E-state index contributed by atoms with van der Waals surface area (Å²) in [7, 11) is 2.11. The zero-order valence-electron chi connectivity index (χ0n) is 18.5. The molecule has 9 nitrogen and oxygen atoms in total. The Morgan fingerprint density at radius 2 is 2.15 bits per heavy atom. The molecule has 0 saturated carbocycles. The van der Waals surface area contributed by atoms with Crippen LogP contribution >= 0.6 is 0 Å². The van der Waals surface area contributed by atoms with Crippen LogP contribution in [0.2, 0.25) is 0 Å². The molecule has 0 aliphatic carbocycles. The van der Waals surface area contributed by atoms with Gasteiger partial charge in [0.15, 0.2) is 5.82 Å². The van der Waals surface area contributed by atoms with Crippen molar-refractivity contribution in [1.82, 2.24) is 25.0 Å². The molecule has 1 N–H and O–H groups in total. The van der Waals surface area contributed by atoms with Crippen LogP contribution in [0.15, 0.2) is 36.5 Å². The first kappa shape index (κ1) is 20.8. The summed E-state index contributed by atoms with van der Waals surface area (Å²) in [6.07, 6.45) is 1.93. The molecule has 2 saturated heterocycles. The molecule has 3 aromatic rings. The van der Waals surface area contributed by atoms with E-state index in [0.717, 1.165) is 32.1 Å². The molecule has 2 fully saturated rings. The monoisotopic (exact) mass is 459 g/mol. The van der Waals surface area contributed by atoms with Crippen LogP contribution in [0.4, 0.5) is 10.2 Å². The fourth-order valence-electron chi connectivity index (χ4n) is 5.06. The topological polar surface area (TPSA) is 99.3 Å². The number of nitrogens with one attached hydrogen (secondary N) is 1.